The Hall–Kier alpha value is -2.25. The number of imide groups is 2. The van der Waals surface area contributed by atoms with Gasteiger partial charge in [-0.25, -0.2) is 4.79 Å². The van der Waals surface area contributed by atoms with Crippen LogP contribution in [0.5, 0.6) is 0 Å². The third-order valence-corrected chi connectivity index (χ3v) is 2.79. The van der Waals surface area contributed by atoms with Crippen LogP contribution < -0.4 is 5.32 Å². The van der Waals surface area contributed by atoms with Crippen LogP contribution in [0.1, 0.15) is 13.3 Å². The first-order valence-electron chi connectivity index (χ1n) is 5.63. The molecular formula is C10H13N5O3. The Labute approximate surface area is 103 Å². The number of barbiturate groups is 1. The number of hydrogen-bond acceptors (Lipinski definition) is 5. The van der Waals surface area contributed by atoms with Gasteiger partial charge in [-0.05, 0) is 6.42 Å². The van der Waals surface area contributed by atoms with Gasteiger partial charge in [-0.1, -0.05) is 12.1 Å². The summed E-state index contributed by atoms with van der Waals surface area (Å²) in [6, 6.07) is -0.671. The molecule has 1 N–H and O–H groups in total. The third kappa shape index (κ3) is 2.22. The molecular weight excluding hydrogens is 238 g/mol. The molecule has 1 aliphatic rings. The number of rotatable bonds is 4. The fraction of sp³-hybridized carbons (Fsp3) is 0.500. The summed E-state index contributed by atoms with van der Waals surface area (Å²) < 4.78 is 1.51. The molecule has 0 aromatic carbocycles. The maximum Gasteiger partial charge on any atom is 0.330 e. The molecule has 18 heavy (non-hydrogen) atoms. The summed E-state index contributed by atoms with van der Waals surface area (Å²) in [5.74, 6) is -1.76. The van der Waals surface area contributed by atoms with Gasteiger partial charge in [0.25, 0.3) is 0 Å². The van der Waals surface area contributed by atoms with Gasteiger partial charge in [0.1, 0.15) is 5.92 Å². The van der Waals surface area contributed by atoms with Crippen molar-refractivity contribution >= 4 is 17.8 Å². The average molecular weight is 251 g/mol. The Kier molecular flexibility index (Phi) is 3.35. The van der Waals surface area contributed by atoms with Crippen LogP contribution in [-0.4, -0.2) is 44.3 Å². The highest BCUT2D eigenvalue weighted by Crippen LogP contribution is 2.13. The van der Waals surface area contributed by atoms with Crippen molar-refractivity contribution < 1.29 is 14.4 Å². The van der Waals surface area contributed by atoms with Gasteiger partial charge in [-0.2, -0.15) is 0 Å². The molecule has 2 rings (SSSR count). The van der Waals surface area contributed by atoms with E-state index in [1.165, 1.54) is 10.9 Å². The third-order valence-electron chi connectivity index (χ3n) is 2.79. The van der Waals surface area contributed by atoms with Gasteiger partial charge in [0.15, 0.2) is 0 Å². The van der Waals surface area contributed by atoms with E-state index < -0.39 is 23.8 Å². The van der Waals surface area contributed by atoms with Gasteiger partial charge in [0, 0.05) is 6.20 Å². The largest absolute Gasteiger partial charge is 0.330 e. The van der Waals surface area contributed by atoms with Gasteiger partial charge in [-0.15, -0.1) is 5.10 Å². The maximum atomic E-state index is 11.9. The van der Waals surface area contributed by atoms with Gasteiger partial charge in [0.05, 0.1) is 19.3 Å². The van der Waals surface area contributed by atoms with Crippen molar-refractivity contribution in [2.45, 2.75) is 19.9 Å². The Morgan fingerprint density at radius 1 is 1.33 bits per heavy atom. The summed E-state index contributed by atoms with van der Waals surface area (Å²) in [6.07, 6.45) is 3.52. The van der Waals surface area contributed by atoms with Crippen molar-refractivity contribution in [1.82, 2.24) is 25.2 Å². The number of nitrogens with zero attached hydrogens (tertiary/aromatic N) is 4. The summed E-state index contributed by atoms with van der Waals surface area (Å²) in [6.45, 7) is 2.25. The van der Waals surface area contributed by atoms with Crippen molar-refractivity contribution in [1.29, 1.82) is 0 Å². The first kappa shape index (κ1) is 12.2. The second-order valence-electron chi connectivity index (χ2n) is 3.91. The lowest BCUT2D eigenvalue weighted by molar-refractivity contribution is -0.142. The van der Waals surface area contributed by atoms with Crippen molar-refractivity contribution in [3.8, 4) is 0 Å². The van der Waals surface area contributed by atoms with Crippen molar-refractivity contribution in [2.75, 3.05) is 6.54 Å². The molecule has 1 unspecified atom stereocenters. The summed E-state index contributed by atoms with van der Waals surface area (Å²) in [4.78, 5) is 36.0. The average Bonchev–Trinajstić information content (AvgIpc) is 2.81. The minimum absolute atomic E-state index is 0.164. The zero-order chi connectivity index (χ0) is 13.1. The molecule has 1 aliphatic heterocycles. The van der Waals surface area contributed by atoms with Crippen LogP contribution in [0.25, 0.3) is 0 Å². The van der Waals surface area contributed by atoms with Gasteiger partial charge in [-0.3, -0.25) is 24.5 Å². The number of carbonyl (C=O) groups excluding carboxylic acids is 3. The molecule has 0 spiro atoms. The van der Waals surface area contributed by atoms with Crippen LogP contribution in [-0.2, 0) is 16.1 Å². The van der Waals surface area contributed by atoms with Crippen LogP contribution >= 0.6 is 0 Å². The minimum Gasteiger partial charge on any atom is -0.277 e. The SMILES string of the molecule is CCC1C(=O)NC(=O)N(CCn2ccnn2)C1=O. The molecule has 1 aromatic heterocycles. The summed E-state index contributed by atoms with van der Waals surface area (Å²) in [5.41, 5.74) is 0. The molecule has 0 radical (unpaired) electrons. The Bertz CT molecular complexity index is 470. The Morgan fingerprint density at radius 3 is 2.72 bits per heavy atom. The monoisotopic (exact) mass is 251 g/mol. The molecule has 1 aromatic rings. The Morgan fingerprint density at radius 2 is 2.11 bits per heavy atom. The van der Waals surface area contributed by atoms with Crippen molar-refractivity contribution in [2.24, 2.45) is 5.92 Å². The maximum absolute atomic E-state index is 11.9. The van der Waals surface area contributed by atoms with E-state index in [1.807, 2.05) is 0 Å². The molecule has 96 valence electrons. The minimum atomic E-state index is -0.779. The predicted octanol–water partition coefficient (Wildman–Crippen LogP) is -0.617. The molecule has 1 fully saturated rings. The van der Waals surface area contributed by atoms with Crippen LogP contribution in [0.2, 0.25) is 0 Å². The molecule has 1 saturated heterocycles. The fourth-order valence-corrected chi connectivity index (χ4v) is 1.79. The van der Waals surface area contributed by atoms with Crippen LogP contribution in [0.3, 0.4) is 0 Å². The van der Waals surface area contributed by atoms with Crippen LogP contribution in [0, 0.1) is 5.92 Å². The van der Waals surface area contributed by atoms with E-state index in [0.717, 1.165) is 4.90 Å². The highest BCUT2D eigenvalue weighted by molar-refractivity contribution is 6.16. The number of nitrogens with one attached hydrogen (secondary N) is 1. The topological polar surface area (TPSA) is 97.2 Å². The first-order chi connectivity index (χ1) is 8.63. The molecule has 1 atom stereocenters. The van der Waals surface area contributed by atoms with E-state index in [4.69, 9.17) is 0 Å². The number of aromatic nitrogens is 3. The first-order valence-corrected chi connectivity index (χ1v) is 5.63. The lowest BCUT2D eigenvalue weighted by Gasteiger charge is -2.29. The predicted molar refractivity (Wildman–Crippen MR) is 59.1 cm³/mol. The highest BCUT2D eigenvalue weighted by atomic mass is 16.2. The van der Waals surface area contributed by atoms with E-state index in [9.17, 15) is 14.4 Å². The van der Waals surface area contributed by atoms with Gasteiger partial charge >= 0.3 is 6.03 Å². The molecule has 2 heterocycles. The quantitative estimate of drug-likeness (QED) is 0.719. The number of urea groups is 1. The fourth-order valence-electron chi connectivity index (χ4n) is 1.79. The zero-order valence-corrected chi connectivity index (χ0v) is 9.87. The number of hydrogen-bond donors (Lipinski definition) is 1. The van der Waals surface area contributed by atoms with E-state index in [0.29, 0.717) is 13.0 Å². The molecule has 0 saturated carbocycles. The number of amides is 4. The molecule has 8 nitrogen and oxygen atoms in total. The number of carbonyl (C=O) groups is 3. The zero-order valence-electron chi connectivity index (χ0n) is 9.87. The lowest BCUT2D eigenvalue weighted by Crippen LogP contribution is -2.58. The summed E-state index contributed by atoms with van der Waals surface area (Å²) in [7, 11) is 0. The van der Waals surface area contributed by atoms with Crippen LogP contribution in [0.15, 0.2) is 12.4 Å². The van der Waals surface area contributed by atoms with E-state index >= 15 is 0 Å². The van der Waals surface area contributed by atoms with Crippen molar-refractivity contribution in [3.63, 3.8) is 0 Å². The normalized spacial score (nSPS) is 20.2. The van der Waals surface area contributed by atoms with Gasteiger partial charge in [0.2, 0.25) is 11.8 Å². The van der Waals surface area contributed by atoms with E-state index in [2.05, 4.69) is 15.6 Å². The lowest BCUT2D eigenvalue weighted by atomic mass is 10.0. The standard InChI is InChI=1S/C10H13N5O3/c1-2-7-8(16)12-10(18)15(9(7)17)6-5-14-4-3-11-13-14/h3-4,7H,2,5-6H2,1H3,(H,12,16,18). The molecule has 4 amide bonds. The smallest absolute Gasteiger partial charge is 0.277 e. The van der Waals surface area contributed by atoms with Crippen molar-refractivity contribution in [3.05, 3.63) is 12.4 Å². The van der Waals surface area contributed by atoms with E-state index in [-0.39, 0.29) is 6.54 Å². The van der Waals surface area contributed by atoms with E-state index in [1.54, 1.807) is 13.1 Å². The van der Waals surface area contributed by atoms with Crippen LogP contribution in [0.4, 0.5) is 4.79 Å². The molecule has 0 aliphatic carbocycles. The van der Waals surface area contributed by atoms with Gasteiger partial charge < -0.3 is 0 Å². The second-order valence-corrected chi connectivity index (χ2v) is 3.91. The highest BCUT2D eigenvalue weighted by Gasteiger charge is 2.38. The molecule has 8 heteroatoms. The molecule has 0 bridgehead atoms. The summed E-state index contributed by atoms with van der Waals surface area (Å²) in [5, 5.41) is 9.53. The Balaban J connectivity index is 2.04. The second kappa shape index (κ2) is 4.94. The summed E-state index contributed by atoms with van der Waals surface area (Å²) >= 11 is 0.